The number of para-hydroxylation sites is 1. The number of nitrogens with one attached hydrogen (secondary N) is 1. The third kappa shape index (κ3) is 1.48. The van der Waals surface area contributed by atoms with Crippen molar-refractivity contribution in [3.05, 3.63) is 29.0 Å². The van der Waals surface area contributed by atoms with E-state index in [1.54, 1.807) is 7.11 Å². The normalized spacial score (nSPS) is 10.9. The summed E-state index contributed by atoms with van der Waals surface area (Å²) in [6, 6.07) is 7.48. The lowest BCUT2D eigenvalue weighted by molar-refractivity contribution is 0.411. The van der Waals surface area contributed by atoms with Gasteiger partial charge in [-0.15, -0.1) is 5.10 Å². The van der Waals surface area contributed by atoms with Gasteiger partial charge in [0.1, 0.15) is 0 Å². The van der Waals surface area contributed by atoms with Gasteiger partial charge in [-0.3, -0.25) is 0 Å². The number of fused-ring (bicyclic) bond motifs is 1. The van der Waals surface area contributed by atoms with Crippen molar-refractivity contribution in [1.82, 2.24) is 14.9 Å². The molecular weight excluding hydrogens is 252 g/mol. The minimum atomic E-state index is 0.331. The first-order valence-electron chi connectivity index (χ1n) is 5.20. The van der Waals surface area contributed by atoms with Crippen molar-refractivity contribution < 1.29 is 9.15 Å². The minimum absolute atomic E-state index is 0.331. The number of ether oxygens (including phenoxy) is 1. The quantitative estimate of drug-likeness (QED) is 0.546. The molecule has 1 aromatic carbocycles. The van der Waals surface area contributed by atoms with E-state index >= 15 is 0 Å². The van der Waals surface area contributed by atoms with Crippen molar-refractivity contribution in [1.29, 1.82) is 0 Å². The predicted molar refractivity (Wildman–Crippen MR) is 69.3 cm³/mol. The number of aromatic amines is 1. The van der Waals surface area contributed by atoms with Gasteiger partial charge < -0.3 is 15.0 Å². The Morgan fingerprint density at radius 2 is 2.33 bits per heavy atom. The molecule has 7 heteroatoms. The molecule has 0 fully saturated rings. The van der Waals surface area contributed by atoms with E-state index in [4.69, 9.17) is 27.2 Å². The second-order valence-electron chi connectivity index (χ2n) is 3.71. The summed E-state index contributed by atoms with van der Waals surface area (Å²) in [7, 11) is 1.59. The summed E-state index contributed by atoms with van der Waals surface area (Å²) in [6.07, 6.45) is 0. The van der Waals surface area contributed by atoms with Crippen LogP contribution in [-0.4, -0.2) is 22.0 Å². The standard InChI is InChI=1S/C11H10N4O2S/c1-16-7-4-2-3-6-5-8(17-9(6)7)10-13-14-11(18)15(10)12/h2-5H,12H2,1H3,(H,14,18). The second-order valence-corrected chi connectivity index (χ2v) is 4.10. The molecule has 2 heterocycles. The van der Waals surface area contributed by atoms with Gasteiger partial charge in [-0.05, 0) is 24.4 Å². The second kappa shape index (κ2) is 3.88. The van der Waals surface area contributed by atoms with Gasteiger partial charge in [0, 0.05) is 5.39 Å². The summed E-state index contributed by atoms with van der Waals surface area (Å²) in [4.78, 5) is 0. The summed E-state index contributed by atoms with van der Waals surface area (Å²) in [5.74, 6) is 7.39. The molecule has 6 nitrogen and oxygen atoms in total. The number of furan rings is 1. The van der Waals surface area contributed by atoms with Gasteiger partial charge in [-0.2, -0.15) is 0 Å². The monoisotopic (exact) mass is 262 g/mol. The molecule has 18 heavy (non-hydrogen) atoms. The van der Waals surface area contributed by atoms with Gasteiger partial charge in [0.2, 0.25) is 10.6 Å². The minimum Gasteiger partial charge on any atom is -0.493 e. The van der Waals surface area contributed by atoms with E-state index in [-0.39, 0.29) is 0 Å². The van der Waals surface area contributed by atoms with Crippen LogP contribution in [-0.2, 0) is 0 Å². The summed E-state index contributed by atoms with van der Waals surface area (Å²) >= 11 is 4.96. The molecule has 3 aromatic rings. The van der Waals surface area contributed by atoms with Crippen molar-refractivity contribution >= 4 is 23.2 Å². The number of nitrogens with two attached hydrogens (primary N) is 1. The highest BCUT2D eigenvalue weighted by Gasteiger charge is 2.14. The van der Waals surface area contributed by atoms with Crippen molar-refractivity contribution in [3.63, 3.8) is 0 Å². The zero-order chi connectivity index (χ0) is 12.7. The van der Waals surface area contributed by atoms with E-state index in [1.165, 1.54) is 4.68 Å². The maximum atomic E-state index is 5.75. The first-order chi connectivity index (χ1) is 8.70. The number of aromatic nitrogens is 3. The Morgan fingerprint density at radius 3 is 3.00 bits per heavy atom. The lowest BCUT2D eigenvalue weighted by Crippen LogP contribution is -2.09. The van der Waals surface area contributed by atoms with Crippen LogP contribution in [0, 0.1) is 4.77 Å². The Hall–Kier alpha value is -2.28. The van der Waals surface area contributed by atoms with E-state index in [2.05, 4.69) is 10.2 Å². The number of methoxy groups -OCH3 is 1. The molecule has 3 rings (SSSR count). The summed E-state index contributed by atoms with van der Waals surface area (Å²) in [6.45, 7) is 0. The molecule has 0 saturated carbocycles. The van der Waals surface area contributed by atoms with Crippen LogP contribution in [0.4, 0.5) is 0 Å². The number of nitrogen functional groups attached to an aromatic ring is 1. The molecule has 0 atom stereocenters. The number of H-pyrrole nitrogens is 1. The van der Waals surface area contributed by atoms with Crippen LogP contribution in [0.2, 0.25) is 0 Å². The lowest BCUT2D eigenvalue weighted by atomic mass is 10.2. The molecular formula is C11H10N4O2S. The molecule has 0 amide bonds. The van der Waals surface area contributed by atoms with E-state index < -0.39 is 0 Å². The maximum absolute atomic E-state index is 5.75. The molecule has 0 aliphatic heterocycles. The molecule has 0 unspecified atom stereocenters. The highest BCUT2D eigenvalue weighted by Crippen LogP contribution is 2.32. The van der Waals surface area contributed by atoms with Crippen LogP contribution in [0.3, 0.4) is 0 Å². The molecule has 92 valence electrons. The maximum Gasteiger partial charge on any atom is 0.216 e. The van der Waals surface area contributed by atoms with Crippen molar-refractivity contribution in [2.75, 3.05) is 13.0 Å². The van der Waals surface area contributed by atoms with Crippen LogP contribution in [0.1, 0.15) is 0 Å². The summed E-state index contributed by atoms with van der Waals surface area (Å²) in [5.41, 5.74) is 0.656. The number of rotatable bonds is 2. The Bertz CT molecular complexity index is 771. The molecule has 2 aromatic heterocycles. The summed E-state index contributed by atoms with van der Waals surface area (Å²) < 4.78 is 12.5. The molecule has 0 spiro atoms. The van der Waals surface area contributed by atoms with E-state index in [1.807, 2.05) is 24.3 Å². The Kier molecular flexibility index (Phi) is 2.34. The fourth-order valence-corrected chi connectivity index (χ4v) is 1.92. The third-order valence-corrected chi connectivity index (χ3v) is 2.94. The molecule has 3 N–H and O–H groups in total. The fraction of sp³-hybridized carbons (Fsp3) is 0.0909. The predicted octanol–water partition coefficient (Wildman–Crippen LogP) is 2.08. The first-order valence-corrected chi connectivity index (χ1v) is 5.61. The average molecular weight is 262 g/mol. The van der Waals surface area contributed by atoms with Crippen molar-refractivity contribution in [3.8, 4) is 17.3 Å². The molecule has 0 saturated heterocycles. The van der Waals surface area contributed by atoms with Gasteiger partial charge in [0.25, 0.3) is 0 Å². The fourth-order valence-electron chi connectivity index (χ4n) is 1.79. The first kappa shape index (κ1) is 10.8. The number of hydrogen-bond acceptors (Lipinski definition) is 5. The lowest BCUT2D eigenvalue weighted by Gasteiger charge is -1.98. The zero-order valence-corrected chi connectivity index (χ0v) is 10.3. The van der Waals surface area contributed by atoms with E-state index in [9.17, 15) is 0 Å². The summed E-state index contributed by atoms with van der Waals surface area (Å²) in [5, 5.41) is 7.55. The van der Waals surface area contributed by atoms with Gasteiger partial charge in [-0.1, -0.05) is 12.1 Å². The highest BCUT2D eigenvalue weighted by molar-refractivity contribution is 7.71. The van der Waals surface area contributed by atoms with Crippen LogP contribution in [0.25, 0.3) is 22.6 Å². The van der Waals surface area contributed by atoms with E-state index in [0.29, 0.717) is 27.7 Å². The van der Waals surface area contributed by atoms with Gasteiger partial charge in [-0.25, -0.2) is 9.77 Å². The Morgan fingerprint density at radius 1 is 1.50 bits per heavy atom. The highest BCUT2D eigenvalue weighted by atomic mass is 32.1. The Balaban J connectivity index is 2.25. The largest absolute Gasteiger partial charge is 0.493 e. The van der Waals surface area contributed by atoms with Gasteiger partial charge in [0.15, 0.2) is 17.1 Å². The van der Waals surface area contributed by atoms with E-state index in [0.717, 1.165) is 5.39 Å². The van der Waals surface area contributed by atoms with Crippen LogP contribution < -0.4 is 10.6 Å². The average Bonchev–Trinajstić information content (AvgIpc) is 2.94. The molecule has 0 bridgehead atoms. The van der Waals surface area contributed by atoms with Crippen molar-refractivity contribution in [2.24, 2.45) is 0 Å². The smallest absolute Gasteiger partial charge is 0.216 e. The van der Waals surface area contributed by atoms with Crippen LogP contribution in [0.5, 0.6) is 5.75 Å². The van der Waals surface area contributed by atoms with Gasteiger partial charge >= 0.3 is 0 Å². The molecule has 0 radical (unpaired) electrons. The van der Waals surface area contributed by atoms with Crippen molar-refractivity contribution in [2.45, 2.75) is 0 Å². The number of benzene rings is 1. The molecule has 0 aliphatic rings. The van der Waals surface area contributed by atoms with Crippen LogP contribution in [0.15, 0.2) is 28.7 Å². The van der Waals surface area contributed by atoms with Gasteiger partial charge in [0.05, 0.1) is 7.11 Å². The molecule has 0 aliphatic carbocycles. The third-order valence-electron chi connectivity index (χ3n) is 2.65. The topological polar surface area (TPSA) is 82.0 Å². The SMILES string of the molecule is COc1cccc2cc(-c3n[nH]c(=S)n3N)oc12. The zero-order valence-electron chi connectivity index (χ0n) is 9.51. The Labute approximate surface area is 107 Å². The number of nitrogens with zero attached hydrogens (tertiary/aromatic N) is 2. The number of hydrogen-bond donors (Lipinski definition) is 2. The van der Waals surface area contributed by atoms with Crippen LogP contribution >= 0.6 is 12.2 Å².